The number of piperazine rings is 1. The Bertz CT molecular complexity index is 1670. The van der Waals surface area contributed by atoms with Gasteiger partial charge in [-0.3, -0.25) is 18.5 Å². The first-order chi connectivity index (χ1) is 17.0. The molecule has 0 atom stereocenters. The van der Waals surface area contributed by atoms with Gasteiger partial charge in [-0.2, -0.15) is 10.2 Å². The van der Waals surface area contributed by atoms with Crippen LogP contribution in [0.15, 0.2) is 46.0 Å². The molecule has 1 fully saturated rings. The monoisotopic (exact) mass is 467 g/mol. The van der Waals surface area contributed by atoms with Crippen molar-refractivity contribution < 1.29 is 0 Å². The summed E-state index contributed by atoms with van der Waals surface area (Å²) >= 11 is 0. The van der Waals surface area contributed by atoms with E-state index in [0.29, 0.717) is 29.2 Å². The van der Waals surface area contributed by atoms with E-state index in [1.54, 1.807) is 20.0 Å². The number of nitrogens with one attached hydrogen (secondary N) is 1. The summed E-state index contributed by atoms with van der Waals surface area (Å²) in [6.45, 7) is 5.29. The third-order valence-electron chi connectivity index (χ3n) is 6.49. The number of rotatable bonds is 4. The molecular formula is C26H25N7O2. The van der Waals surface area contributed by atoms with Crippen LogP contribution in [-0.4, -0.2) is 44.9 Å². The molecule has 0 amide bonds. The highest BCUT2D eigenvalue weighted by Gasteiger charge is 2.24. The lowest BCUT2D eigenvalue weighted by atomic mass is 10.00. The minimum atomic E-state index is -0.436. The first-order valence-corrected chi connectivity index (χ1v) is 11.5. The molecule has 0 saturated carbocycles. The van der Waals surface area contributed by atoms with Crippen molar-refractivity contribution in [3.8, 4) is 17.9 Å². The molecular weight excluding hydrogens is 442 g/mol. The number of imidazole rings is 1. The van der Waals surface area contributed by atoms with Gasteiger partial charge < -0.3 is 10.2 Å². The van der Waals surface area contributed by atoms with E-state index < -0.39 is 11.2 Å². The van der Waals surface area contributed by atoms with E-state index in [9.17, 15) is 14.9 Å². The molecule has 5 rings (SSSR count). The van der Waals surface area contributed by atoms with Crippen molar-refractivity contribution in [2.45, 2.75) is 20.0 Å². The summed E-state index contributed by atoms with van der Waals surface area (Å²) in [4.78, 5) is 34.0. The van der Waals surface area contributed by atoms with Gasteiger partial charge in [-0.05, 0) is 29.3 Å². The average Bonchev–Trinajstić information content (AvgIpc) is 3.29. The summed E-state index contributed by atoms with van der Waals surface area (Å²) in [6, 6.07) is 13.3. The first kappa shape index (κ1) is 22.5. The summed E-state index contributed by atoms with van der Waals surface area (Å²) in [6.07, 6.45) is 0. The quantitative estimate of drug-likeness (QED) is 0.456. The molecule has 4 aromatic rings. The Balaban J connectivity index is 1.73. The number of hydrogen-bond acceptors (Lipinski definition) is 6. The smallest absolute Gasteiger partial charge is 0.332 e. The molecule has 176 valence electrons. The Kier molecular flexibility index (Phi) is 5.86. The number of nitrogens with zero attached hydrogens (tertiary/aromatic N) is 6. The van der Waals surface area contributed by atoms with Crippen LogP contribution in [-0.2, 0) is 20.1 Å². The summed E-state index contributed by atoms with van der Waals surface area (Å²) in [5.74, 6) is 6.60. The highest BCUT2D eigenvalue weighted by Crippen LogP contribution is 2.24. The fourth-order valence-corrected chi connectivity index (χ4v) is 4.68. The van der Waals surface area contributed by atoms with Gasteiger partial charge in [-0.1, -0.05) is 36.3 Å². The number of hydrogen-bond donors (Lipinski definition) is 1. The summed E-state index contributed by atoms with van der Waals surface area (Å²) in [7, 11) is 1.64. The molecule has 0 unspecified atom stereocenters. The second-order valence-electron chi connectivity index (χ2n) is 8.50. The van der Waals surface area contributed by atoms with Gasteiger partial charge in [-0.25, -0.2) is 4.79 Å². The molecule has 1 N–H and O–H groups in total. The Labute approximate surface area is 201 Å². The molecule has 2 aromatic carbocycles. The Morgan fingerprint density at radius 2 is 1.80 bits per heavy atom. The van der Waals surface area contributed by atoms with Gasteiger partial charge in [0.2, 0.25) is 5.95 Å². The van der Waals surface area contributed by atoms with Crippen LogP contribution in [0.1, 0.15) is 18.1 Å². The highest BCUT2D eigenvalue weighted by atomic mass is 16.2. The van der Waals surface area contributed by atoms with E-state index in [4.69, 9.17) is 4.98 Å². The van der Waals surface area contributed by atoms with Gasteiger partial charge in [0.25, 0.3) is 5.56 Å². The van der Waals surface area contributed by atoms with Crippen LogP contribution in [0.5, 0.6) is 0 Å². The van der Waals surface area contributed by atoms with Gasteiger partial charge in [0.1, 0.15) is 0 Å². The number of aryl methyl sites for hydroxylation is 1. The van der Waals surface area contributed by atoms with Crippen molar-refractivity contribution in [2.24, 2.45) is 7.05 Å². The second kappa shape index (κ2) is 9.13. The minimum absolute atomic E-state index is 0.0846. The lowest BCUT2D eigenvalue weighted by molar-refractivity contribution is 0.572. The van der Waals surface area contributed by atoms with E-state index in [1.807, 2.05) is 34.9 Å². The molecule has 0 radical (unpaired) electrons. The molecule has 3 heterocycles. The fourth-order valence-electron chi connectivity index (χ4n) is 4.68. The number of anilines is 1. The van der Waals surface area contributed by atoms with E-state index in [1.165, 1.54) is 9.13 Å². The molecule has 35 heavy (non-hydrogen) atoms. The van der Waals surface area contributed by atoms with Gasteiger partial charge in [-0.15, -0.1) is 5.92 Å². The van der Waals surface area contributed by atoms with E-state index >= 15 is 0 Å². The van der Waals surface area contributed by atoms with Crippen molar-refractivity contribution in [2.75, 3.05) is 31.1 Å². The molecule has 0 aliphatic carbocycles. The standard InChI is InChI=1S/C26H25N7O2/c1-3-4-13-32-22-23(29-25(32)31-14-11-28-12-15-31)30(2)26(35)33(24(22)34)17-19-10-9-18(16-27)20-7-5-6-8-21(19)20/h5-10,28H,11-15,17H2,1-2H3. The third-order valence-corrected chi connectivity index (χ3v) is 6.49. The summed E-state index contributed by atoms with van der Waals surface area (Å²) in [5, 5.41) is 14.4. The topological polar surface area (TPSA) is 101 Å². The van der Waals surface area contributed by atoms with Crippen molar-refractivity contribution >= 4 is 27.9 Å². The average molecular weight is 468 g/mol. The molecule has 9 nitrogen and oxygen atoms in total. The number of fused-ring (bicyclic) bond motifs is 2. The Morgan fingerprint density at radius 3 is 2.51 bits per heavy atom. The van der Waals surface area contributed by atoms with Gasteiger partial charge in [0.15, 0.2) is 11.2 Å². The molecule has 1 aliphatic rings. The fraction of sp³-hybridized carbons (Fsp3) is 0.308. The van der Waals surface area contributed by atoms with E-state index in [0.717, 1.165) is 42.5 Å². The molecule has 1 aliphatic heterocycles. The lowest BCUT2D eigenvalue weighted by Gasteiger charge is -2.28. The lowest BCUT2D eigenvalue weighted by Crippen LogP contribution is -2.44. The largest absolute Gasteiger partial charge is 0.340 e. The van der Waals surface area contributed by atoms with E-state index in [-0.39, 0.29) is 6.54 Å². The number of nitriles is 1. The molecule has 0 spiro atoms. The van der Waals surface area contributed by atoms with Crippen LogP contribution in [0, 0.1) is 23.2 Å². The second-order valence-corrected chi connectivity index (χ2v) is 8.50. The van der Waals surface area contributed by atoms with Crippen LogP contribution >= 0.6 is 0 Å². The zero-order valence-corrected chi connectivity index (χ0v) is 19.7. The molecule has 1 saturated heterocycles. The maximum atomic E-state index is 13.8. The number of benzene rings is 2. The maximum absolute atomic E-state index is 13.8. The zero-order valence-electron chi connectivity index (χ0n) is 19.7. The van der Waals surface area contributed by atoms with Crippen LogP contribution in [0.4, 0.5) is 5.95 Å². The predicted molar refractivity (Wildman–Crippen MR) is 136 cm³/mol. The summed E-state index contributed by atoms with van der Waals surface area (Å²) in [5.41, 5.74) is 1.22. The first-order valence-electron chi connectivity index (χ1n) is 11.5. The van der Waals surface area contributed by atoms with Crippen molar-refractivity contribution in [3.63, 3.8) is 0 Å². The maximum Gasteiger partial charge on any atom is 0.332 e. The van der Waals surface area contributed by atoms with Crippen molar-refractivity contribution in [1.29, 1.82) is 5.26 Å². The minimum Gasteiger partial charge on any atom is -0.340 e. The normalized spacial score (nSPS) is 13.6. The van der Waals surface area contributed by atoms with Crippen LogP contribution < -0.4 is 21.5 Å². The summed E-state index contributed by atoms with van der Waals surface area (Å²) < 4.78 is 4.51. The molecule has 9 heteroatoms. The Morgan fingerprint density at radius 1 is 1.06 bits per heavy atom. The van der Waals surface area contributed by atoms with Gasteiger partial charge >= 0.3 is 5.69 Å². The van der Waals surface area contributed by atoms with Gasteiger partial charge in [0.05, 0.1) is 24.7 Å². The number of aromatic nitrogens is 4. The highest BCUT2D eigenvalue weighted by molar-refractivity contribution is 5.90. The van der Waals surface area contributed by atoms with Crippen LogP contribution in [0.2, 0.25) is 0 Å². The molecule has 2 aromatic heterocycles. The zero-order chi connectivity index (χ0) is 24.5. The van der Waals surface area contributed by atoms with Crippen molar-refractivity contribution in [1.82, 2.24) is 24.0 Å². The van der Waals surface area contributed by atoms with Crippen LogP contribution in [0.25, 0.3) is 21.9 Å². The van der Waals surface area contributed by atoms with Gasteiger partial charge in [0, 0.05) is 33.2 Å². The van der Waals surface area contributed by atoms with E-state index in [2.05, 4.69) is 28.1 Å². The SMILES string of the molecule is CC#CCn1c(N2CCNCC2)nc2c1c(=O)n(Cc1ccc(C#N)c3ccccc13)c(=O)n2C. The third kappa shape index (κ3) is 3.76. The van der Waals surface area contributed by atoms with Crippen LogP contribution in [0.3, 0.4) is 0 Å². The predicted octanol–water partition coefficient (Wildman–Crippen LogP) is 1.40. The molecule has 0 bridgehead atoms. The van der Waals surface area contributed by atoms with Crippen molar-refractivity contribution in [3.05, 3.63) is 68.4 Å². The Hall–Kier alpha value is -4.34.